The number of ether oxygens (including phenoxy) is 1. The van der Waals surface area contributed by atoms with Crippen LogP contribution in [-0.2, 0) is 4.74 Å². The molecule has 0 saturated carbocycles. The molecule has 0 bridgehead atoms. The van der Waals surface area contributed by atoms with E-state index in [4.69, 9.17) is 16.6 Å². The summed E-state index contributed by atoms with van der Waals surface area (Å²) in [5, 5.41) is 18.1. The predicted octanol–water partition coefficient (Wildman–Crippen LogP) is 5.14. The van der Waals surface area contributed by atoms with Crippen LogP contribution in [-0.4, -0.2) is 54.3 Å². The van der Waals surface area contributed by atoms with Gasteiger partial charge in [0, 0.05) is 31.4 Å². The highest BCUT2D eigenvalue weighted by Gasteiger charge is 2.14. The van der Waals surface area contributed by atoms with Crippen LogP contribution in [0.25, 0.3) is 10.9 Å². The molecule has 9 nitrogen and oxygen atoms in total. The monoisotopic (exact) mass is 516 g/mol. The van der Waals surface area contributed by atoms with Crippen molar-refractivity contribution in [2.45, 2.75) is 6.42 Å². The van der Waals surface area contributed by atoms with Crippen molar-refractivity contribution in [1.82, 2.24) is 14.9 Å². The van der Waals surface area contributed by atoms with Crippen LogP contribution in [0.15, 0.2) is 48.7 Å². The maximum atomic E-state index is 14.7. The van der Waals surface area contributed by atoms with Gasteiger partial charge in [-0.05, 0) is 54.9 Å². The molecule has 1 aliphatic rings. The van der Waals surface area contributed by atoms with Gasteiger partial charge in [-0.2, -0.15) is 15.2 Å². The first kappa shape index (κ1) is 26.5. The summed E-state index contributed by atoms with van der Waals surface area (Å²) in [5.74, 6) is -0.801. The van der Waals surface area contributed by atoms with Gasteiger partial charge in [0.05, 0.1) is 31.4 Å². The minimum absolute atomic E-state index is 0.175. The van der Waals surface area contributed by atoms with Crippen LogP contribution in [0.5, 0.6) is 0 Å². The van der Waals surface area contributed by atoms with Gasteiger partial charge in [0.2, 0.25) is 5.95 Å². The van der Waals surface area contributed by atoms with Gasteiger partial charge in [-0.3, -0.25) is 4.90 Å². The number of halogens is 2. The van der Waals surface area contributed by atoms with E-state index in [1.54, 1.807) is 30.3 Å². The number of nitrogens with zero attached hydrogens (tertiary/aromatic N) is 5. The van der Waals surface area contributed by atoms with E-state index in [-0.39, 0.29) is 23.0 Å². The molecule has 0 aliphatic carbocycles. The molecule has 0 amide bonds. The van der Waals surface area contributed by atoms with Gasteiger partial charge in [-0.15, -0.1) is 0 Å². The Bertz CT molecular complexity index is 1340. The molecular formula is C27H26F2N8O. The van der Waals surface area contributed by atoms with Gasteiger partial charge in [0.15, 0.2) is 6.20 Å². The molecule has 11 heteroatoms. The zero-order chi connectivity index (χ0) is 26.7. The number of hydrogen-bond acceptors (Lipinski definition) is 8. The molecule has 0 spiro atoms. The van der Waals surface area contributed by atoms with E-state index >= 15 is 0 Å². The van der Waals surface area contributed by atoms with Gasteiger partial charge < -0.3 is 20.7 Å². The Morgan fingerprint density at radius 2 is 1.76 bits per heavy atom. The average Bonchev–Trinajstić information content (AvgIpc) is 2.93. The minimum atomic E-state index is -0.824. The lowest BCUT2D eigenvalue weighted by atomic mass is 10.2. The van der Waals surface area contributed by atoms with Crippen molar-refractivity contribution in [3.8, 4) is 6.07 Å². The molecule has 0 unspecified atom stereocenters. The lowest BCUT2D eigenvalue weighted by Crippen LogP contribution is -2.37. The molecule has 194 valence electrons. The number of morpholine rings is 1. The van der Waals surface area contributed by atoms with E-state index in [0.29, 0.717) is 23.6 Å². The number of rotatable bonds is 10. The summed E-state index contributed by atoms with van der Waals surface area (Å²) < 4.78 is 34.9. The summed E-state index contributed by atoms with van der Waals surface area (Å²) in [5.41, 5.74) is 1.02. The SMILES string of the molecule is [C-]#[N+]/C=C/c1cc(F)c(Nc2cc(NCCCN3CCOCC3)nc(Nc3ccc(C#N)cc3)n2)c(F)c1. The van der Waals surface area contributed by atoms with Gasteiger partial charge >= 0.3 is 0 Å². The quantitative estimate of drug-likeness (QED) is 0.252. The highest BCUT2D eigenvalue weighted by atomic mass is 19.1. The second-order valence-corrected chi connectivity index (χ2v) is 8.44. The molecule has 1 fully saturated rings. The van der Waals surface area contributed by atoms with Crippen molar-refractivity contribution >= 4 is 35.0 Å². The fourth-order valence-corrected chi connectivity index (χ4v) is 3.82. The Morgan fingerprint density at radius 1 is 1.05 bits per heavy atom. The number of nitrogens with one attached hydrogen (secondary N) is 3. The molecule has 3 N–H and O–H groups in total. The van der Waals surface area contributed by atoms with Crippen LogP contribution in [0.3, 0.4) is 0 Å². The molecule has 2 aromatic carbocycles. The van der Waals surface area contributed by atoms with Crippen molar-refractivity contribution in [1.29, 1.82) is 5.26 Å². The highest BCUT2D eigenvalue weighted by Crippen LogP contribution is 2.27. The normalized spacial score (nSPS) is 13.6. The van der Waals surface area contributed by atoms with E-state index in [1.165, 1.54) is 6.08 Å². The lowest BCUT2D eigenvalue weighted by molar-refractivity contribution is 0.0378. The number of benzene rings is 2. The van der Waals surface area contributed by atoms with E-state index in [0.717, 1.165) is 57.6 Å². The molecule has 2 heterocycles. The number of aromatic nitrogens is 2. The summed E-state index contributed by atoms with van der Waals surface area (Å²) in [7, 11) is 0. The highest BCUT2D eigenvalue weighted by molar-refractivity contribution is 5.66. The molecule has 0 radical (unpaired) electrons. The topological polar surface area (TPSA) is 102 Å². The van der Waals surface area contributed by atoms with E-state index in [2.05, 4.69) is 41.7 Å². The lowest BCUT2D eigenvalue weighted by Gasteiger charge is -2.26. The van der Waals surface area contributed by atoms with Gasteiger partial charge in [-0.25, -0.2) is 13.6 Å². The summed E-state index contributed by atoms with van der Waals surface area (Å²) >= 11 is 0. The van der Waals surface area contributed by atoms with Crippen LogP contribution < -0.4 is 16.0 Å². The first-order valence-electron chi connectivity index (χ1n) is 12.0. The van der Waals surface area contributed by atoms with Crippen LogP contribution in [0, 0.1) is 29.5 Å². The third-order valence-electron chi connectivity index (χ3n) is 5.72. The second kappa shape index (κ2) is 13.1. The van der Waals surface area contributed by atoms with Crippen molar-refractivity contribution < 1.29 is 13.5 Å². The smallest absolute Gasteiger partial charge is 0.231 e. The summed E-state index contributed by atoms with van der Waals surface area (Å²) in [6.07, 6.45) is 3.32. The molecule has 38 heavy (non-hydrogen) atoms. The fraction of sp³-hybridized carbons (Fsp3) is 0.259. The number of anilines is 5. The number of hydrogen-bond donors (Lipinski definition) is 3. The van der Waals surface area contributed by atoms with Gasteiger partial charge in [0.1, 0.15) is 29.0 Å². The summed E-state index contributed by atoms with van der Waals surface area (Å²) in [6, 6.07) is 12.6. The Hall–Kier alpha value is -4.58. The molecule has 3 aromatic rings. The average molecular weight is 517 g/mol. The van der Waals surface area contributed by atoms with E-state index in [1.807, 2.05) is 0 Å². The molecule has 1 aromatic heterocycles. The van der Waals surface area contributed by atoms with Crippen molar-refractivity contribution in [3.05, 3.63) is 82.8 Å². The Kier molecular flexibility index (Phi) is 9.13. The van der Waals surface area contributed by atoms with Crippen LogP contribution in [0.2, 0.25) is 0 Å². The maximum Gasteiger partial charge on any atom is 0.231 e. The molecule has 1 aliphatic heterocycles. The van der Waals surface area contributed by atoms with Crippen molar-refractivity contribution in [2.75, 3.05) is 55.3 Å². The summed E-state index contributed by atoms with van der Waals surface area (Å²) in [6.45, 7) is 11.6. The van der Waals surface area contributed by atoms with Gasteiger partial charge in [-0.1, -0.05) is 6.08 Å². The molecule has 0 atom stereocenters. The largest absolute Gasteiger partial charge is 0.379 e. The fourth-order valence-electron chi connectivity index (χ4n) is 3.82. The standard InChI is InChI=1S/C27H26F2N8O/c1-31-9-7-20-15-22(28)26(23(29)16-20)34-25-17-24(32-8-2-10-37-11-13-38-14-12-37)35-27(36-25)33-21-5-3-19(18-30)4-6-21/h3-7,9,15-17H,2,8,10-14H2,(H3,32,33,34,35,36)/b9-7+. The first-order valence-corrected chi connectivity index (χ1v) is 12.0. The second-order valence-electron chi connectivity index (χ2n) is 8.44. The Labute approximate surface area is 219 Å². The Morgan fingerprint density at radius 3 is 2.45 bits per heavy atom. The van der Waals surface area contributed by atoms with Crippen molar-refractivity contribution in [2.24, 2.45) is 0 Å². The van der Waals surface area contributed by atoms with Gasteiger partial charge in [0.25, 0.3) is 0 Å². The Balaban J connectivity index is 1.53. The molecule has 4 rings (SSSR count). The predicted molar refractivity (Wildman–Crippen MR) is 142 cm³/mol. The minimum Gasteiger partial charge on any atom is -0.379 e. The van der Waals surface area contributed by atoms with E-state index in [9.17, 15) is 8.78 Å². The molecular weight excluding hydrogens is 490 g/mol. The van der Waals surface area contributed by atoms with Crippen molar-refractivity contribution in [3.63, 3.8) is 0 Å². The summed E-state index contributed by atoms with van der Waals surface area (Å²) in [4.78, 5) is 14.3. The maximum absolute atomic E-state index is 14.7. The third-order valence-corrected chi connectivity index (χ3v) is 5.72. The third kappa shape index (κ3) is 7.46. The van der Waals surface area contributed by atoms with Crippen LogP contribution >= 0.6 is 0 Å². The number of nitriles is 1. The molecule has 1 saturated heterocycles. The zero-order valence-electron chi connectivity index (χ0n) is 20.5. The van der Waals surface area contributed by atoms with Crippen LogP contribution in [0.4, 0.5) is 37.7 Å². The zero-order valence-corrected chi connectivity index (χ0v) is 20.5. The van der Waals surface area contributed by atoms with Crippen LogP contribution in [0.1, 0.15) is 17.5 Å². The first-order chi connectivity index (χ1) is 18.5. The van der Waals surface area contributed by atoms with E-state index < -0.39 is 11.6 Å².